The predicted molar refractivity (Wildman–Crippen MR) is 128 cm³/mol. The summed E-state index contributed by atoms with van der Waals surface area (Å²) in [6.45, 7) is 0.912. The highest BCUT2D eigenvalue weighted by molar-refractivity contribution is 7.92. The van der Waals surface area contributed by atoms with E-state index in [0.717, 1.165) is 4.88 Å². The van der Waals surface area contributed by atoms with E-state index in [1.807, 2.05) is 0 Å². The van der Waals surface area contributed by atoms with Crippen molar-refractivity contribution in [2.24, 2.45) is 5.16 Å². The largest absolute Gasteiger partial charge is 0.387 e. The average molecular weight is 518 g/mol. The van der Waals surface area contributed by atoms with E-state index in [2.05, 4.69) is 25.4 Å². The molecule has 0 spiro atoms. The Hall–Kier alpha value is -3.26. The van der Waals surface area contributed by atoms with Gasteiger partial charge < -0.3 is 14.3 Å². The van der Waals surface area contributed by atoms with Crippen LogP contribution in [0.1, 0.15) is 22.7 Å². The van der Waals surface area contributed by atoms with E-state index in [1.54, 1.807) is 31.8 Å². The molecular weight excluding hydrogens is 494 g/mol. The van der Waals surface area contributed by atoms with Crippen molar-refractivity contribution in [3.8, 4) is 0 Å². The summed E-state index contributed by atoms with van der Waals surface area (Å²) >= 11 is 1.26. The van der Waals surface area contributed by atoms with Crippen LogP contribution < -0.4 is 5.32 Å². The van der Waals surface area contributed by atoms with Crippen LogP contribution in [0.15, 0.2) is 59.0 Å². The lowest BCUT2D eigenvalue weighted by molar-refractivity contribution is -0.110. The van der Waals surface area contributed by atoms with Gasteiger partial charge in [0.05, 0.1) is 28.2 Å². The normalized spacial score (nSPS) is 16.3. The third-order valence-electron chi connectivity index (χ3n) is 5.03. The topological polar surface area (TPSA) is 142 Å². The minimum Gasteiger partial charge on any atom is -0.387 e. The highest BCUT2D eigenvalue weighted by Crippen LogP contribution is 2.23. The summed E-state index contributed by atoms with van der Waals surface area (Å²) in [5.41, 5.74) is 0.310. The highest BCUT2D eigenvalue weighted by Gasteiger charge is 2.31. The van der Waals surface area contributed by atoms with Gasteiger partial charge in [0.1, 0.15) is 0 Å². The van der Waals surface area contributed by atoms with Crippen molar-refractivity contribution in [2.45, 2.75) is 29.8 Å². The third-order valence-corrected chi connectivity index (χ3v) is 8.09. The van der Waals surface area contributed by atoms with Crippen molar-refractivity contribution in [3.05, 3.63) is 65.2 Å². The molecule has 1 atom stereocenters. The molecule has 1 saturated heterocycles. The van der Waals surface area contributed by atoms with E-state index in [-0.39, 0.29) is 23.8 Å². The van der Waals surface area contributed by atoms with Gasteiger partial charge in [-0.05, 0) is 24.6 Å². The van der Waals surface area contributed by atoms with Crippen molar-refractivity contribution in [2.75, 3.05) is 25.6 Å². The standard InChI is InChI=1S/C22H23N5O6S2/c1-31-12-16-11-25-22(34-16)26-21(28)20(27-33-14-19-23-8-2-9-24-19)15-3-5-17(6-4-15)35(29,30)18-7-10-32-13-18/h2-6,8-9,11,18H,7,10,12-14H2,1H3,(H,25,26,28)/t18-/m0/s1. The van der Waals surface area contributed by atoms with Crippen LogP contribution in [0.25, 0.3) is 0 Å². The molecule has 1 fully saturated rings. The third kappa shape index (κ3) is 6.25. The van der Waals surface area contributed by atoms with Crippen LogP contribution in [0.3, 0.4) is 0 Å². The van der Waals surface area contributed by atoms with E-state index >= 15 is 0 Å². The molecule has 11 nitrogen and oxygen atoms in total. The molecule has 1 aliphatic heterocycles. The van der Waals surface area contributed by atoms with E-state index in [1.165, 1.54) is 35.6 Å². The molecule has 13 heteroatoms. The Morgan fingerprint density at radius 3 is 2.66 bits per heavy atom. The molecule has 0 saturated carbocycles. The Morgan fingerprint density at radius 2 is 1.97 bits per heavy atom. The summed E-state index contributed by atoms with van der Waals surface area (Å²) in [7, 11) is -1.97. The molecule has 2 aromatic heterocycles. The van der Waals surface area contributed by atoms with Crippen LogP contribution in [0.5, 0.6) is 0 Å². The molecule has 1 aliphatic rings. The monoisotopic (exact) mass is 517 g/mol. The van der Waals surface area contributed by atoms with Crippen LogP contribution >= 0.6 is 11.3 Å². The fourth-order valence-electron chi connectivity index (χ4n) is 3.27. The van der Waals surface area contributed by atoms with Gasteiger partial charge in [-0.2, -0.15) is 0 Å². The Kier molecular flexibility index (Phi) is 8.13. The van der Waals surface area contributed by atoms with Crippen molar-refractivity contribution < 1.29 is 27.5 Å². The number of hydrogen-bond acceptors (Lipinski definition) is 11. The first-order valence-corrected chi connectivity index (χ1v) is 13.0. The summed E-state index contributed by atoms with van der Waals surface area (Å²) in [4.78, 5) is 31.7. The molecule has 0 unspecified atom stereocenters. The zero-order valence-electron chi connectivity index (χ0n) is 18.8. The number of hydrogen-bond donors (Lipinski definition) is 1. The summed E-state index contributed by atoms with van der Waals surface area (Å²) in [5.74, 6) is -0.183. The first kappa shape index (κ1) is 24.9. The van der Waals surface area contributed by atoms with Crippen LogP contribution in [-0.2, 0) is 42.2 Å². The van der Waals surface area contributed by atoms with Gasteiger partial charge in [0.2, 0.25) is 0 Å². The minimum absolute atomic E-state index is 0.0546. The number of oxime groups is 1. The second-order valence-corrected chi connectivity index (χ2v) is 10.8. The van der Waals surface area contributed by atoms with Crippen LogP contribution in [0.2, 0.25) is 0 Å². The number of methoxy groups -OCH3 is 1. The molecule has 0 radical (unpaired) electrons. The van der Waals surface area contributed by atoms with Gasteiger partial charge in [-0.1, -0.05) is 28.6 Å². The number of rotatable bonds is 10. The number of sulfone groups is 1. The molecule has 0 bridgehead atoms. The second kappa shape index (κ2) is 11.4. The predicted octanol–water partition coefficient (Wildman–Crippen LogP) is 2.20. The van der Waals surface area contributed by atoms with E-state index in [0.29, 0.717) is 36.2 Å². The number of carbonyl (C=O) groups excluding carboxylic acids is 1. The van der Waals surface area contributed by atoms with Gasteiger partial charge in [-0.3, -0.25) is 10.1 Å². The van der Waals surface area contributed by atoms with Crippen LogP contribution in [-0.4, -0.2) is 60.6 Å². The first-order valence-electron chi connectivity index (χ1n) is 10.6. The smallest absolute Gasteiger partial charge is 0.280 e. The Morgan fingerprint density at radius 1 is 1.20 bits per heavy atom. The average Bonchev–Trinajstić information content (AvgIpc) is 3.56. The van der Waals surface area contributed by atoms with Crippen molar-refractivity contribution in [3.63, 3.8) is 0 Å². The molecule has 1 amide bonds. The summed E-state index contributed by atoms with van der Waals surface area (Å²) < 4.78 is 36.0. The zero-order chi connectivity index (χ0) is 24.7. The molecule has 184 valence electrons. The van der Waals surface area contributed by atoms with E-state index in [4.69, 9.17) is 14.3 Å². The number of carbonyl (C=O) groups is 1. The lowest BCUT2D eigenvalue weighted by Gasteiger charge is -2.11. The number of anilines is 1. The molecule has 3 heterocycles. The summed E-state index contributed by atoms with van der Waals surface area (Å²) in [6, 6.07) is 7.60. The van der Waals surface area contributed by atoms with Crippen LogP contribution in [0, 0.1) is 0 Å². The van der Waals surface area contributed by atoms with Gasteiger partial charge >= 0.3 is 0 Å². The minimum atomic E-state index is -3.54. The molecule has 1 N–H and O–H groups in total. The summed E-state index contributed by atoms with van der Waals surface area (Å²) in [5, 5.41) is 6.48. The van der Waals surface area contributed by atoms with Crippen molar-refractivity contribution >= 4 is 37.9 Å². The van der Waals surface area contributed by atoms with Crippen LogP contribution in [0.4, 0.5) is 5.13 Å². The van der Waals surface area contributed by atoms with Gasteiger partial charge in [-0.25, -0.2) is 23.4 Å². The summed E-state index contributed by atoms with van der Waals surface area (Å²) in [6.07, 6.45) is 5.19. The molecule has 35 heavy (non-hydrogen) atoms. The highest BCUT2D eigenvalue weighted by atomic mass is 32.2. The van der Waals surface area contributed by atoms with Gasteiger partial charge in [0.15, 0.2) is 33.1 Å². The van der Waals surface area contributed by atoms with E-state index < -0.39 is 21.0 Å². The van der Waals surface area contributed by atoms with Crippen molar-refractivity contribution in [1.29, 1.82) is 0 Å². The van der Waals surface area contributed by atoms with Gasteiger partial charge in [0.25, 0.3) is 5.91 Å². The maximum Gasteiger partial charge on any atom is 0.280 e. The molecule has 3 aromatic rings. The SMILES string of the molecule is COCc1cnc(NC(=O)C(=NOCc2ncccn2)c2ccc(S(=O)(=O)[C@H]3CCOC3)cc2)s1. The molecular formula is C22H23N5O6S2. The maximum atomic E-state index is 13.1. The van der Waals surface area contributed by atoms with Crippen molar-refractivity contribution in [1.82, 2.24) is 15.0 Å². The number of amides is 1. The van der Waals surface area contributed by atoms with Gasteiger partial charge in [-0.15, -0.1) is 0 Å². The molecule has 0 aliphatic carbocycles. The lowest BCUT2D eigenvalue weighted by Crippen LogP contribution is -2.25. The first-order chi connectivity index (χ1) is 17.0. The number of benzene rings is 1. The fourth-order valence-corrected chi connectivity index (χ4v) is 5.63. The number of thiazole rings is 1. The zero-order valence-corrected chi connectivity index (χ0v) is 20.4. The number of ether oxygens (including phenoxy) is 2. The van der Waals surface area contributed by atoms with E-state index in [9.17, 15) is 13.2 Å². The number of aromatic nitrogens is 3. The number of nitrogens with one attached hydrogen (secondary N) is 1. The Balaban J connectivity index is 1.56. The Labute approximate surface area is 206 Å². The lowest BCUT2D eigenvalue weighted by atomic mass is 10.1. The second-order valence-electron chi connectivity index (χ2n) is 7.45. The quantitative estimate of drug-likeness (QED) is 0.316. The maximum absolute atomic E-state index is 13.1. The fraction of sp³-hybridized carbons (Fsp3) is 0.318. The van der Waals surface area contributed by atoms with Gasteiger partial charge in [0, 0.05) is 37.9 Å². The molecule has 4 rings (SSSR count). The molecule has 1 aromatic carbocycles. The number of nitrogens with zero attached hydrogens (tertiary/aromatic N) is 4. The Bertz CT molecular complexity index is 1270.